The highest BCUT2D eigenvalue weighted by Gasteiger charge is 2.30. The SMILES string of the molecule is CCC1CN(C(C)C)C(C(C)C)CN1. The smallest absolute Gasteiger partial charge is 0.0247 e. The van der Waals surface area contributed by atoms with E-state index in [9.17, 15) is 0 Å². The highest BCUT2D eigenvalue weighted by atomic mass is 15.2. The van der Waals surface area contributed by atoms with E-state index in [-0.39, 0.29) is 0 Å². The van der Waals surface area contributed by atoms with Crippen molar-refractivity contribution in [1.29, 1.82) is 0 Å². The van der Waals surface area contributed by atoms with Gasteiger partial charge in [0.25, 0.3) is 0 Å². The molecule has 1 saturated heterocycles. The van der Waals surface area contributed by atoms with Gasteiger partial charge in [-0.2, -0.15) is 0 Å². The summed E-state index contributed by atoms with van der Waals surface area (Å²) in [5.41, 5.74) is 0. The minimum Gasteiger partial charge on any atom is -0.311 e. The summed E-state index contributed by atoms with van der Waals surface area (Å²) in [5.74, 6) is 0.753. The molecule has 0 spiro atoms. The lowest BCUT2D eigenvalue weighted by atomic mass is 9.96. The summed E-state index contributed by atoms with van der Waals surface area (Å²) in [5, 5.41) is 3.64. The first-order valence-corrected chi connectivity index (χ1v) is 6.05. The molecule has 1 fully saturated rings. The molecule has 1 aliphatic rings. The van der Waals surface area contributed by atoms with Gasteiger partial charge in [0.05, 0.1) is 0 Å². The van der Waals surface area contributed by atoms with E-state index in [1.165, 1.54) is 13.0 Å². The van der Waals surface area contributed by atoms with Crippen molar-refractivity contribution in [2.75, 3.05) is 13.1 Å². The first-order chi connectivity index (χ1) is 6.56. The Kier molecular flexibility index (Phi) is 4.39. The summed E-state index contributed by atoms with van der Waals surface area (Å²) in [6, 6.07) is 2.10. The molecule has 0 bridgehead atoms. The molecule has 0 aromatic heterocycles. The zero-order valence-electron chi connectivity index (χ0n) is 10.4. The fourth-order valence-electron chi connectivity index (χ4n) is 2.34. The van der Waals surface area contributed by atoms with Crippen molar-refractivity contribution < 1.29 is 0 Å². The second kappa shape index (κ2) is 5.13. The molecule has 0 radical (unpaired) electrons. The van der Waals surface area contributed by atoms with Crippen molar-refractivity contribution in [2.45, 2.75) is 59.2 Å². The van der Waals surface area contributed by atoms with Gasteiger partial charge in [-0.1, -0.05) is 20.8 Å². The van der Waals surface area contributed by atoms with Crippen LogP contribution in [0.4, 0.5) is 0 Å². The van der Waals surface area contributed by atoms with Crippen LogP contribution in [0.25, 0.3) is 0 Å². The summed E-state index contributed by atoms with van der Waals surface area (Å²) >= 11 is 0. The predicted octanol–water partition coefficient (Wildman–Crippen LogP) is 2.10. The lowest BCUT2D eigenvalue weighted by molar-refractivity contribution is 0.0683. The van der Waals surface area contributed by atoms with E-state index in [0.717, 1.165) is 18.5 Å². The van der Waals surface area contributed by atoms with Crippen molar-refractivity contribution in [3.05, 3.63) is 0 Å². The Hall–Kier alpha value is -0.0800. The van der Waals surface area contributed by atoms with Crippen molar-refractivity contribution in [3.8, 4) is 0 Å². The molecular formula is C12H26N2. The fourth-order valence-corrected chi connectivity index (χ4v) is 2.34. The van der Waals surface area contributed by atoms with Crippen LogP contribution in [0.5, 0.6) is 0 Å². The molecule has 1 N–H and O–H groups in total. The molecule has 14 heavy (non-hydrogen) atoms. The Morgan fingerprint density at radius 3 is 2.36 bits per heavy atom. The first kappa shape index (κ1) is 12.0. The van der Waals surface area contributed by atoms with Crippen LogP contribution in [-0.4, -0.2) is 36.1 Å². The Balaban J connectivity index is 2.60. The van der Waals surface area contributed by atoms with E-state index in [2.05, 4.69) is 44.8 Å². The molecule has 1 heterocycles. The van der Waals surface area contributed by atoms with Crippen molar-refractivity contribution in [3.63, 3.8) is 0 Å². The Morgan fingerprint density at radius 1 is 1.29 bits per heavy atom. The van der Waals surface area contributed by atoms with E-state index in [1.807, 2.05) is 0 Å². The highest BCUT2D eigenvalue weighted by Crippen LogP contribution is 2.18. The average molecular weight is 198 g/mol. The standard InChI is InChI=1S/C12H26N2/c1-6-11-8-14(10(4)5)12(7-13-11)9(2)3/h9-13H,6-8H2,1-5H3. The van der Waals surface area contributed by atoms with Gasteiger partial charge in [0.1, 0.15) is 0 Å². The van der Waals surface area contributed by atoms with Gasteiger partial charge >= 0.3 is 0 Å². The second-order valence-corrected chi connectivity index (χ2v) is 5.12. The highest BCUT2D eigenvalue weighted by molar-refractivity contribution is 4.88. The van der Waals surface area contributed by atoms with E-state index in [4.69, 9.17) is 0 Å². The summed E-state index contributed by atoms with van der Waals surface area (Å²) in [4.78, 5) is 2.66. The lowest BCUT2D eigenvalue weighted by Crippen LogP contribution is -2.59. The van der Waals surface area contributed by atoms with E-state index >= 15 is 0 Å². The van der Waals surface area contributed by atoms with Gasteiger partial charge < -0.3 is 5.32 Å². The van der Waals surface area contributed by atoms with E-state index in [1.54, 1.807) is 0 Å². The molecule has 2 atom stereocenters. The summed E-state index contributed by atoms with van der Waals surface area (Å²) in [6.45, 7) is 13.9. The van der Waals surface area contributed by atoms with Gasteiger partial charge in [-0.25, -0.2) is 0 Å². The molecule has 2 unspecified atom stereocenters. The minimum absolute atomic E-state index is 0.679. The maximum atomic E-state index is 3.64. The number of rotatable bonds is 3. The van der Waals surface area contributed by atoms with Crippen LogP contribution in [0.15, 0.2) is 0 Å². The molecule has 0 saturated carbocycles. The number of hydrogen-bond donors (Lipinski definition) is 1. The molecule has 0 amide bonds. The largest absolute Gasteiger partial charge is 0.311 e. The maximum Gasteiger partial charge on any atom is 0.0247 e. The van der Waals surface area contributed by atoms with Gasteiger partial charge in [-0.3, -0.25) is 4.90 Å². The van der Waals surface area contributed by atoms with Crippen molar-refractivity contribution in [2.24, 2.45) is 5.92 Å². The Labute approximate surface area is 89.1 Å². The summed E-state index contributed by atoms with van der Waals surface area (Å²) < 4.78 is 0. The van der Waals surface area contributed by atoms with Crippen LogP contribution >= 0.6 is 0 Å². The predicted molar refractivity (Wildman–Crippen MR) is 62.5 cm³/mol. The molecule has 0 aromatic carbocycles. The van der Waals surface area contributed by atoms with Gasteiger partial charge in [0.15, 0.2) is 0 Å². The molecular weight excluding hydrogens is 172 g/mol. The molecule has 1 rings (SSSR count). The molecule has 84 valence electrons. The molecule has 0 aromatic rings. The summed E-state index contributed by atoms with van der Waals surface area (Å²) in [7, 11) is 0. The second-order valence-electron chi connectivity index (χ2n) is 5.12. The molecule has 0 aliphatic carbocycles. The van der Waals surface area contributed by atoms with Gasteiger partial charge in [-0.05, 0) is 26.2 Å². The third-order valence-electron chi connectivity index (χ3n) is 3.40. The van der Waals surface area contributed by atoms with Gasteiger partial charge in [0.2, 0.25) is 0 Å². The number of piperazine rings is 1. The topological polar surface area (TPSA) is 15.3 Å². The third-order valence-corrected chi connectivity index (χ3v) is 3.40. The van der Waals surface area contributed by atoms with Crippen LogP contribution in [0.2, 0.25) is 0 Å². The molecule has 1 aliphatic heterocycles. The van der Waals surface area contributed by atoms with Crippen LogP contribution < -0.4 is 5.32 Å². The van der Waals surface area contributed by atoms with E-state index < -0.39 is 0 Å². The van der Waals surface area contributed by atoms with Crippen molar-refractivity contribution >= 4 is 0 Å². The zero-order valence-corrected chi connectivity index (χ0v) is 10.4. The first-order valence-electron chi connectivity index (χ1n) is 6.05. The average Bonchev–Trinajstić information content (AvgIpc) is 2.16. The Morgan fingerprint density at radius 2 is 1.93 bits per heavy atom. The third kappa shape index (κ3) is 2.71. The Bertz CT molecular complexity index is 166. The lowest BCUT2D eigenvalue weighted by Gasteiger charge is -2.44. The van der Waals surface area contributed by atoms with E-state index in [0.29, 0.717) is 12.1 Å². The minimum atomic E-state index is 0.679. The fraction of sp³-hybridized carbons (Fsp3) is 1.00. The molecule has 2 heteroatoms. The maximum absolute atomic E-state index is 3.64. The monoisotopic (exact) mass is 198 g/mol. The summed E-state index contributed by atoms with van der Waals surface area (Å²) in [6.07, 6.45) is 1.24. The van der Waals surface area contributed by atoms with Gasteiger partial charge in [0, 0.05) is 31.2 Å². The van der Waals surface area contributed by atoms with Crippen LogP contribution in [0, 0.1) is 5.92 Å². The van der Waals surface area contributed by atoms with Crippen LogP contribution in [-0.2, 0) is 0 Å². The zero-order chi connectivity index (χ0) is 10.7. The normalized spacial score (nSPS) is 30.2. The number of nitrogens with zero attached hydrogens (tertiary/aromatic N) is 1. The quantitative estimate of drug-likeness (QED) is 0.747. The van der Waals surface area contributed by atoms with Crippen LogP contribution in [0.1, 0.15) is 41.0 Å². The van der Waals surface area contributed by atoms with Gasteiger partial charge in [-0.15, -0.1) is 0 Å². The number of hydrogen-bond acceptors (Lipinski definition) is 2. The molecule has 2 nitrogen and oxygen atoms in total. The number of nitrogens with one attached hydrogen (secondary N) is 1. The van der Waals surface area contributed by atoms with Crippen LogP contribution in [0.3, 0.4) is 0 Å². The van der Waals surface area contributed by atoms with Crippen molar-refractivity contribution in [1.82, 2.24) is 10.2 Å².